The Morgan fingerprint density at radius 2 is 2.14 bits per heavy atom. The SMILES string of the molecule is CC(C)COC(=O)NC1(C(=O)O)CCc2cc(Br)ccc2C1. The third kappa shape index (κ3) is 3.80. The topological polar surface area (TPSA) is 75.6 Å². The van der Waals surface area contributed by atoms with Crippen molar-refractivity contribution in [2.24, 2.45) is 5.92 Å². The molecule has 120 valence electrons. The van der Waals surface area contributed by atoms with Gasteiger partial charge in [-0.2, -0.15) is 0 Å². The molecule has 0 spiro atoms. The molecule has 1 amide bonds. The van der Waals surface area contributed by atoms with Gasteiger partial charge >= 0.3 is 12.1 Å². The quantitative estimate of drug-likeness (QED) is 0.854. The van der Waals surface area contributed by atoms with Crippen LogP contribution in [-0.4, -0.2) is 29.3 Å². The predicted molar refractivity (Wildman–Crippen MR) is 85.9 cm³/mol. The maximum absolute atomic E-state index is 11.9. The van der Waals surface area contributed by atoms with Crippen molar-refractivity contribution in [2.45, 2.75) is 38.6 Å². The summed E-state index contributed by atoms with van der Waals surface area (Å²) in [5.74, 6) is -0.821. The summed E-state index contributed by atoms with van der Waals surface area (Å²) in [4.78, 5) is 23.6. The molecule has 22 heavy (non-hydrogen) atoms. The van der Waals surface area contributed by atoms with Crippen LogP contribution in [0.5, 0.6) is 0 Å². The lowest BCUT2D eigenvalue weighted by Gasteiger charge is -2.35. The van der Waals surface area contributed by atoms with Gasteiger partial charge in [-0.15, -0.1) is 0 Å². The Kier molecular flexibility index (Phi) is 5.11. The van der Waals surface area contributed by atoms with E-state index in [-0.39, 0.29) is 18.9 Å². The molecule has 1 atom stereocenters. The van der Waals surface area contributed by atoms with Crippen LogP contribution < -0.4 is 5.32 Å². The fourth-order valence-electron chi connectivity index (χ4n) is 2.58. The molecule has 2 N–H and O–H groups in total. The maximum atomic E-state index is 11.9. The zero-order valence-electron chi connectivity index (χ0n) is 12.7. The largest absolute Gasteiger partial charge is 0.479 e. The van der Waals surface area contributed by atoms with Gasteiger partial charge in [0.2, 0.25) is 0 Å². The minimum Gasteiger partial charge on any atom is -0.479 e. The number of carboxylic acid groups (broad SMARTS) is 1. The normalized spacial score (nSPS) is 20.4. The monoisotopic (exact) mass is 369 g/mol. The third-order valence-corrected chi connectivity index (χ3v) is 4.27. The van der Waals surface area contributed by atoms with Gasteiger partial charge in [-0.25, -0.2) is 9.59 Å². The summed E-state index contributed by atoms with van der Waals surface area (Å²) in [5.41, 5.74) is 0.763. The van der Waals surface area contributed by atoms with E-state index in [0.717, 1.165) is 15.6 Å². The Balaban J connectivity index is 2.15. The summed E-state index contributed by atoms with van der Waals surface area (Å²) in [6, 6.07) is 5.78. The summed E-state index contributed by atoms with van der Waals surface area (Å²) in [6.45, 7) is 4.12. The number of fused-ring (bicyclic) bond motifs is 1. The molecule has 0 radical (unpaired) electrons. The zero-order chi connectivity index (χ0) is 16.3. The molecule has 0 aromatic heterocycles. The molecule has 0 heterocycles. The standard InChI is InChI=1S/C16H20BrNO4/c1-10(2)9-22-15(21)18-16(14(19)20)6-5-11-7-13(17)4-3-12(11)8-16/h3-4,7,10H,5-6,8-9H2,1-2H3,(H,18,21)(H,19,20). The van der Waals surface area contributed by atoms with Crippen LogP contribution >= 0.6 is 15.9 Å². The minimum atomic E-state index is -1.30. The summed E-state index contributed by atoms with van der Waals surface area (Å²) in [7, 11) is 0. The molecule has 1 aromatic rings. The molecule has 0 fully saturated rings. The first-order valence-electron chi connectivity index (χ1n) is 7.28. The van der Waals surface area contributed by atoms with Gasteiger partial charge in [0.1, 0.15) is 5.54 Å². The number of hydrogen-bond donors (Lipinski definition) is 2. The second-order valence-corrected chi connectivity index (χ2v) is 7.01. The highest BCUT2D eigenvalue weighted by molar-refractivity contribution is 9.10. The fraction of sp³-hybridized carbons (Fsp3) is 0.500. The Morgan fingerprint density at radius 3 is 2.77 bits per heavy atom. The van der Waals surface area contributed by atoms with Gasteiger partial charge in [-0.05, 0) is 42.0 Å². The first-order chi connectivity index (χ1) is 10.3. The summed E-state index contributed by atoms with van der Waals surface area (Å²) in [5, 5.41) is 12.2. The Labute approximate surface area is 138 Å². The number of benzene rings is 1. The van der Waals surface area contributed by atoms with E-state index in [0.29, 0.717) is 12.8 Å². The van der Waals surface area contributed by atoms with Crippen LogP contribution in [0.25, 0.3) is 0 Å². The van der Waals surface area contributed by atoms with E-state index in [2.05, 4.69) is 21.2 Å². The van der Waals surface area contributed by atoms with Gasteiger partial charge in [-0.3, -0.25) is 0 Å². The van der Waals surface area contributed by atoms with Crippen LogP contribution in [0.2, 0.25) is 0 Å². The highest BCUT2D eigenvalue weighted by Gasteiger charge is 2.43. The number of rotatable bonds is 4. The fourth-order valence-corrected chi connectivity index (χ4v) is 2.99. The van der Waals surface area contributed by atoms with Crippen molar-refractivity contribution in [3.8, 4) is 0 Å². The average Bonchev–Trinajstić information content (AvgIpc) is 2.45. The molecule has 5 nitrogen and oxygen atoms in total. The smallest absolute Gasteiger partial charge is 0.408 e. The van der Waals surface area contributed by atoms with Crippen LogP contribution in [0.4, 0.5) is 4.79 Å². The lowest BCUT2D eigenvalue weighted by Crippen LogP contribution is -2.58. The number of carbonyl (C=O) groups excluding carboxylic acids is 1. The summed E-state index contributed by atoms with van der Waals surface area (Å²) < 4.78 is 6.04. The number of hydrogen-bond acceptors (Lipinski definition) is 3. The number of aliphatic carboxylic acids is 1. The van der Waals surface area contributed by atoms with Crippen molar-refractivity contribution < 1.29 is 19.4 Å². The number of amides is 1. The Hall–Kier alpha value is -1.56. The van der Waals surface area contributed by atoms with Crippen LogP contribution in [0, 0.1) is 5.92 Å². The number of nitrogens with one attached hydrogen (secondary N) is 1. The van der Waals surface area contributed by atoms with E-state index >= 15 is 0 Å². The molecule has 0 saturated carbocycles. The zero-order valence-corrected chi connectivity index (χ0v) is 14.3. The second-order valence-electron chi connectivity index (χ2n) is 6.09. The highest BCUT2D eigenvalue weighted by Crippen LogP contribution is 2.31. The third-order valence-electron chi connectivity index (χ3n) is 3.78. The minimum absolute atomic E-state index is 0.205. The number of alkyl carbamates (subject to hydrolysis) is 1. The van der Waals surface area contributed by atoms with Crippen LogP contribution in [-0.2, 0) is 22.4 Å². The first kappa shape index (κ1) is 16.8. The lowest BCUT2D eigenvalue weighted by molar-refractivity contribution is -0.145. The molecule has 0 bridgehead atoms. The number of ether oxygens (including phenoxy) is 1. The Morgan fingerprint density at radius 1 is 1.41 bits per heavy atom. The van der Waals surface area contributed by atoms with E-state index in [9.17, 15) is 14.7 Å². The van der Waals surface area contributed by atoms with Crippen molar-refractivity contribution in [1.29, 1.82) is 0 Å². The maximum Gasteiger partial charge on any atom is 0.408 e. The van der Waals surface area contributed by atoms with E-state index in [4.69, 9.17) is 4.74 Å². The van der Waals surface area contributed by atoms with Gasteiger partial charge in [0.05, 0.1) is 6.61 Å². The molecule has 1 aliphatic carbocycles. The van der Waals surface area contributed by atoms with Crippen molar-refractivity contribution in [3.05, 3.63) is 33.8 Å². The average molecular weight is 370 g/mol. The molecule has 0 aliphatic heterocycles. The second kappa shape index (κ2) is 6.69. The van der Waals surface area contributed by atoms with Crippen molar-refractivity contribution in [3.63, 3.8) is 0 Å². The number of halogens is 1. The van der Waals surface area contributed by atoms with Crippen molar-refractivity contribution in [2.75, 3.05) is 6.61 Å². The molecule has 1 aliphatic rings. The van der Waals surface area contributed by atoms with Crippen molar-refractivity contribution in [1.82, 2.24) is 5.32 Å². The summed E-state index contributed by atoms with van der Waals surface area (Å²) in [6.07, 6.45) is 0.548. The number of aryl methyl sites for hydroxylation is 1. The van der Waals surface area contributed by atoms with Gasteiger partial charge in [-0.1, -0.05) is 35.8 Å². The van der Waals surface area contributed by atoms with E-state index in [1.54, 1.807) is 0 Å². The van der Waals surface area contributed by atoms with Gasteiger partial charge < -0.3 is 15.2 Å². The van der Waals surface area contributed by atoms with E-state index in [1.165, 1.54) is 0 Å². The van der Waals surface area contributed by atoms with E-state index < -0.39 is 17.6 Å². The molecule has 6 heteroatoms. The predicted octanol–water partition coefficient (Wildman–Crippen LogP) is 3.14. The van der Waals surface area contributed by atoms with Crippen LogP contribution in [0.15, 0.2) is 22.7 Å². The van der Waals surface area contributed by atoms with Crippen LogP contribution in [0.1, 0.15) is 31.4 Å². The molecular formula is C16H20BrNO4. The molecule has 2 rings (SSSR count). The lowest BCUT2D eigenvalue weighted by atomic mass is 9.78. The van der Waals surface area contributed by atoms with Gasteiger partial charge in [0.25, 0.3) is 0 Å². The van der Waals surface area contributed by atoms with Gasteiger partial charge in [0, 0.05) is 10.9 Å². The van der Waals surface area contributed by atoms with E-state index in [1.807, 2.05) is 32.0 Å². The summed E-state index contributed by atoms with van der Waals surface area (Å²) >= 11 is 3.42. The first-order valence-corrected chi connectivity index (χ1v) is 8.07. The number of carbonyl (C=O) groups is 2. The molecule has 1 aromatic carbocycles. The number of carboxylic acids is 1. The highest BCUT2D eigenvalue weighted by atomic mass is 79.9. The molecule has 0 saturated heterocycles. The molecular weight excluding hydrogens is 350 g/mol. The van der Waals surface area contributed by atoms with Gasteiger partial charge in [0.15, 0.2) is 0 Å². The molecule has 1 unspecified atom stereocenters. The van der Waals surface area contributed by atoms with Crippen LogP contribution in [0.3, 0.4) is 0 Å². The van der Waals surface area contributed by atoms with Crippen molar-refractivity contribution >= 4 is 28.0 Å². The Bertz CT molecular complexity index is 588.